The van der Waals surface area contributed by atoms with Crippen LogP contribution in [0.2, 0.25) is 0 Å². The molecule has 2 fully saturated rings. The summed E-state index contributed by atoms with van der Waals surface area (Å²) in [7, 11) is -2.59. The molecule has 1 saturated carbocycles. The third-order valence-corrected chi connectivity index (χ3v) is 9.35. The summed E-state index contributed by atoms with van der Waals surface area (Å²) in [6.45, 7) is 3.98. The third-order valence-electron chi connectivity index (χ3n) is 7.75. The number of rotatable bonds is 10. The average Bonchev–Trinajstić information content (AvgIpc) is 3.72. The quantitative estimate of drug-likeness (QED) is 0.204. The van der Waals surface area contributed by atoms with E-state index in [9.17, 15) is 18.0 Å². The van der Waals surface area contributed by atoms with Crippen molar-refractivity contribution in [3.8, 4) is 0 Å². The Labute approximate surface area is 223 Å². The molecular formula is C29H33N3O5S. The topological polar surface area (TPSA) is 107 Å². The minimum absolute atomic E-state index is 0.126. The van der Waals surface area contributed by atoms with E-state index in [4.69, 9.17) is 4.74 Å². The number of Topliss-reactive ketones (excluding diaryl/α,β-unsaturated/α-hetero) is 1. The van der Waals surface area contributed by atoms with Crippen LogP contribution in [0.1, 0.15) is 63.9 Å². The fourth-order valence-corrected chi connectivity index (χ4v) is 6.78. The highest BCUT2D eigenvalue weighted by Crippen LogP contribution is 2.52. The van der Waals surface area contributed by atoms with Gasteiger partial charge in [0.25, 0.3) is 15.2 Å². The molecule has 0 amide bonds. The van der Waals surface area contributed by atoms with Crippen molar-refractivity contribution in [2.24, 2.45) is 11.8 Å². The second-order valence-electron chi connectivity index (χ2n) is 10.4. The number of ether oxygens (including phenoxy) is 1. The number of sulfonamides is 1. The van der Waals surface area contributed by atoms with Gasteiger partial charge in [-0.3, -0.25) is 13.9 Å². The zero-order chi connectivity index (χ0) is 27.1. The van der Waals surface area contributed by atoms with Crippen LogP contribution in [0.4, 0.5) is 5.69 Å². The SMILES string of the molecule is CCCC1(CCC)OC(=O)C(C(c2cccc(N(C)S(=O)(=O)c3ncc4ccccc4n3)c2)C2CC2)C1=O. The number of para-hydroxylation sites is 1. The molecule has 38 heavy (non-hydrogen) atoms. The van der Waals surface area contributed by atoms with E-state index in [1.807, 2.05) is 32.0 Å². The van der Waals surface area contributed by atoms with Gasteiger partial charge in [0.2, 0.25) is 0 Å². The van der Waals surface area contributed by atoms with Gasteiger partial charge in [-0.25, -0.2) is 9.97 Å². The van der Waals surface area contributed by atoms with Crippen LogP contribution in [-0.2, 0) is 24.3 Å². The number of carbonyl (C=O) groups is 2. The van der Waals surface area contributed by atoms with Crippen molar-refractivity contribution in [3.63, 3.8) is 0 Å². The molecule has 1 aliphatic carbocycles. The molecule has 0 bridgehead atoms. The summed E-state index contributed by atoms with van der Waals surface area (Å²) in [6.07, 6.45) is 5.86. The Kier molecular flexibility index (Phi) is 6.98. The molecule has 0 N–H and O–H groups in total. The standard InChI is InChI=1S/C29H33N3O5S/c1-4-15-29(16-5-2)26(33)25(27(34)37-29)24(19-13-14-19)20-10-8-11-22(17-20)32(3)38(35,36)28-30-18-21-9-6-7-12-23(21)31-28/h6-12,17-19,24-25H,4-5,13-16H2,1-3H3. The zero-order valence-electron chi connectivity index (χ0n) is 22.0. The summed E-state index contributed by atoms with van der Waals surface area (Å²) in [4.78, 5) is 35.4. The van der Waals surface area contributed by atoms with Gasteiger partial charge in [-0.15, -0.1) is 0 Å². The van der Waals surface area contributed by atoms with E-state index in [-0.39, 0.29) is 22.8 Å². The number of hydrogen-bond donors (Lipinski definition) is 0. The molecule has 2 heterocycles. The summed E-state index contributed by atoms with van der Waals surface area (Å²) in [6, 6.07) is 14.3. The monoisotopic (exact) mass is 535 g/mol. The first-order chi connectivity index (χ1) is 18.2. The number of ketones is 1. The number of cyclic esters (lactones) is 1. The Hall–Kier alpha value is -3.33. The molecular weight excluding hydrogens is 502 g/mol. The molecule has 1 aromatic heterocycles. The van der Waals surface area contributed by atoms with E-state index in [0.717, 1.165) is 40.9 Å². The molecule has 3 aromatic rings. The molecule has 2 unspecified atom stereocenters. The van der Waals surface area contributed by atoms with Crippen molar-refractivity contribution >= 4 is 38.4 Å². The number of nitrogens with zero attached hydrogens (tertiary/aromatic N) is 3. The highest BCUT2D eigenvalue weighted by atomic mass is 32.2. The van der Waals surface area contributed by atoms with Crippen molar-refractivity contribution in [3.05, 3.63) is 60.3 Å². The van der Waals surface area contributed by atoms with Crippen LogP contribution in [-0.4, -0.2) is 42.8 Å². The lowest BCUT2D eigenvalue weighted by molar-refractivity contribution is -0.154. The number of esters is 1. The van der Waals surface area contributed by atoms with Crippen molar-refractivity contribution in [1.82, 2.24) is 9.97 Å². The maximum absolute atomic E-state index is 13.8. The average molecular weight is 536 g/mol. The predicted molar refractivity (Wildman–Crippen MR) is 144 cm³/mol. The highest BCUT2D eigenvalue weighted by Gasteiger charge is 2.58. The van der Waals surface area contributed by atoms with Crippen LogP contribution in [0.25, 0.3) is 10.9 Å². The summed E-state index contributed by atoms with van der Waals surface area (Å²) in [5.41, 5.74) is 0.671. The lowest BCUT2D eigenvalue weighted by Crippen LogP contribution is -2.38. The van der Waals surface area contributed by atoms with E-state index < -0.39 is 27.5 Å². The van der Waals surface area contributed by atoms with E-state index in [2.05, 4.69) is 9.97 Å². The molecule has 1 aliphatic heterocycles. The first-order valence-electron chi connectivity index (χ1n) is 13.3. The van der Waals surface area contributed by atoms with Gasteiger partial charge in [0, 0.05) is 24.5 Å². The zero-order valence-corrected chi connectivity index (χ0v) is 22.8. The molecule has 1 saturated heterocycles. The number of anilines is 1. The maximum atomic E-state index is 13.8. The number of aromatic nitrogens is 2. The largest absolute Gasteiger partial charge is 0.450 e. The van der Waals surface area contributed by atoms with Crippen molar-refractivity contribution < 1.29 is 22.7 Å². The van der Waals surface area contributed by atoms with Crippen LogP contribution >= 0.6 is 0 Å². The molecule has 2 aliphatic rings. The minimum atomic E-state index is -4.05. The molecule has 5 rings (SSSR count). The molecule has 2 aromatic carbocycles. The van der Waals surface area contributed by atoms with E-state index >= 15 is 0 Å². The van der Waals surface area contributed by atoms with E-state index in [1.54, 1.807) is 30.3 Å². The Bertz CT molecular complexity index is 1480. The van der Waals surface area contributed by atoms with Crippen LogP contribution in [0.3, 0.4) is 0 Å². The van der Waals surface area contributed by atoms with Crippen LogP contribution < -0.4 is 4.31 Å². The first-order valence-corrected chi connectivity index (χ1v) is 14.7. The molecule has 0 spiro atoms. The van der Waals surface area contributed by atoms with Crippen molar-refractivity contribution in [2.75, 3.05) is 11.4 Å². The number of carbonyl (C=O) groups excluding carboxylic acids is 2. The Morgan fingerprint density at radius 2 is 1.76 bits per heavy atom. The van der Waals surface area contributed by atoms with Crippen LogP contribution in [0.5, 0.6) is 0 Å². The van der Waals surface area contributed by atoms with Gasteiger partial charge in [0.05, 0.1) is 11.2 Å². The van der Waals surface area contributed by atoms with Crippen molar-refractivity contribution in [1.29, 1.82) is 0 Å². The Morgan fingerprint density at radius 3 is 2.45 bits per heavy atom. The minimum Gasteiger partial charge on any atom is -0.450 e. The summed E-state index contributed by atoms with van der Waals surface area (Å²) >= 11 is 0. The van der Waals surface area contributed by atoms with Gasteiger partial charge in [0.15, 0.2) is 11.4 Å². The number of hydrogen-bond acceptors (Lipinski definition) is 7. The second kappa shape index (κ2) is 10.1. The molecule has 9 heteroatoms. The van der Waals surface area contributed by atoms with E-state index in [1.165, 1.54) is 13.2 Å². The Balaban J connectivity index is 1.48. The maximum Gasteiger partial charge on any atom is 0.318 e. The Morgan fingerprint density at radius 1 is 1.05 bits per heavy atom. The van der Waals surface area contributed by atoms with Gasteiger partial charge in [-0.05, 0) is 55.4 Å². The van der Waals surface area contributed by atoms with Crippen molar-refractivity contribution in [2.45, 2.75) is 69.0 Å². The normalized spacial score (nSPS) is 19.9. The second-order valence-corrected chi connectivity index (χ2v) is 12.3. The lowest BCUT2D eigenvalue weighted by atomic mass is 9.75. The van der Waals surface area contributed by atoms with Gasteiger partial charge >= 0.3 is 5.97 Å². The third kappa shape index (κ3) is 4.57. The van der Waals surface area contributed by atoms with Crippen LogP contribution in [0.15, 0.2) is 59.9 Å². The highest BCUT2D eigenvalue weighted by molar-refractivity contribution is 7.92. The molecule has 8 nitrogen and oxygen atoms in total. The first kappa shape index (κ1) is 26.3. The summed E-state index contributed by atoms with van der Waals surface area (Å²) < 4.78 is 33.9. The molecule has 2 atom stereocenters. The number of benzene rings is 2. The van der Waals surface area contributed by atoms with E-state index in [0.29, 0.717) is 24.0 Å². The fraction of sp³-hybridized carbons (Fsp3) is 0.448. The summed E-state index contributed by atoms with van der Waals surface area (Å²) in [5.74, 6) is -1.62. The van der Waals surface area contributed by atoms with Gasteiger partial charge in [-0.1, -0.05) is 57.0 Å². The summed E-state index contributed by atoms with van der Waals surface area (Å²) in [5, 5.41) is 0.458. The fourth-order valence-electron chi connectivity index (χ4n) is 5.75. The predicted octanol–water partition coefficient (Wildman–Crippen LogP) is 5.03. The smallest absolute Gasteiger partial charge is 0.318 e. The van der Waals surface area contributed by atoms with Gasteiger partial charge < -0.3 is 4.74 Å². The number of fused-ring (bicyclic) bond motifs is 1. The molecule has 0 radical (unpaired) electrons. The van der Waals surface area contributed by atoms with Gasteiger partial charge in [-0.2, -0.15) is 8.42 Å². The molecule has 200 valence electrons. The lowest BCUT2D eigenvalue weighted by Gasteiger charge is -2.26. The van der Waals surface area contributed by atoms with Crippen LogP contribution in [0, 0.1) is 11.8 Å². The van der Waals surface area contributed by atoms with Gasteiger partial charge in [0.1, 0.15) is 5.92 Å².